The number of anilines is 2. The molecule has 0 saturated heterocycles. The maximum absolute atomic E-state index is 13.1. The van der Waals surface area contributed by atoms with Crippen molar-refractivity contribution in [2.24, 2.45) is 0 Å². The molecule has 4 rings (SSSR count). The van der Waals surface area contributed by atoms with Gasteiger partial charge in [-0.3, -0.25) is 14.4 Å². The number of para-hydroxylation sites is 2. The van der Waals surface area contributed by atoms with Crippen molar-refractivity contribution >= 4 is 38.1 Å². The monoisotopic (exact) mass is 494 g/mol. The van der Waals surface area contributed by atoms with Crippen LogP contribution in [0.5, 0.6) is 5.75 Å². The van der Waals surface area contributed by atoms with E-state index >= 15 is 0 Å². The van der Waals surface area contributed by atoms with E-state index in [1.165, 1.54) is 49.8 Å². The van der Waals surface area contributed by atoms with E-state index in [-0.39, 0.29) is 4.90 Å². The summed E-state index contributed by atoms with van der Waals surface area (Å²) in [6.45, 7) is 0. The summed E-state index contributed by atoms with van der Waals surface area (Å²) < 4.78 is 32.6. The molecule has 8 nitrogen and oxygen atoms in total. The van der Waals surface area contributed by atoms with E-state index in [2.05, 4.69) is 15.5 Å². The number of sulfonamides is 1. The van der Waals surface area contributed by atoms with Crippen molar-refractivity contribution in [1.82, 2.24) is 10.2 Å². The van der Waals surface area contributed by atoms with Crippen LogP contribution in [0.3, 0.4) is 0 Å². The number of aromatic nitrogens is 2. The third-order valence-electron chi connectivity index (χ3n) is 5.08. The van der Waals surface area contributed by atoms with Gasteiger partial charge in [0.2, 0.25) is 5.13 Å². The number of rotatable bonds is 8. The number of nitrogens with one attached hydrogen (secondary N) is 1. The lowest BCUT2D eigenvalue weighted by atomic mass is 10.2. The van der Waals surface area contributed by atoms with E-state index < -0.39 is 15.9 Å². The van der Waals surface area contributed by atoms with Crippen molar-refractivity contribution in [2.45, 2.75) is 11.3 Å². The van der Waals surface area contributed by atoms with Crippen molar-refractivity contribution in [1.29, 1.82) is 0 Å². The standard InChI is InChI=1S/C24H22N4O4S2/c1-28(20-10-6-7-11-21(20)32-2)34(30,31)19-14-12-18(13-15-19)23(29)25-24-27-26-22(33-24)16-17-8-4-3-5-9-17/h3-15H,16H2,1-2H3,(H,25,27,29). The molecule has 0 saturated carbocycles. The van der Waals surface area contributed by atoms with Gasteiger partial charge in [-0.2, -0.15) is 0 Å². The zero-order valence-electron chi connectivity index (χ0n) is 18.5. The molecule has 0 spiro atoms. The Morgan fingerprint density at radius 2 is 1.65 bits per heavy atom. The average molecular weight is 495 g/mol. The van der Waals surface area contributed by atoms with E-state index in [9.17, 15) is 13.2 Å². The van der Waals surface area contributed by atoms with Crippen molar-refractivity contribution in [3.63, 3.8) is 0 Å². The van der Waals surface area contributed by atoms with Gasteiger partial charge in [0.15, 0.2) is 0 Å². The molecule has 0 aliphatic rings. The van der Waals surface area contributed by atoms with Crippen LogP contribution in [0.25, 0.3) is 0 Å². The molecule has 0 radical (unpaired) electrons. The molecule has 0 unspecified atom stereocenters. The Labute approximate surface area is 201 Å². The third kappa shape index (κ3) is 5.08. The minimum Gasteiger partial charge on any atom is -0.495 e. The summed E-state index contributed by atoms with van der Waals surface area (Å²) in [6, 6.07) is 22.4. The van der Waals surface area contributed by atoms with Crippen LogP contribution >= 0.6 is 11.3 Å². The molecule has 0 atom stereocenters. The van der Waals surface area contributed by atoms with Gasteiger partial charge < -0.3 is 4.74 Å². The summed E-state index contributed by atoms with van der Waals surface area (Å²) in [7, 11) is -0.915. The Kier molecular flexibility index (Phi) is 6.90. The van der Waals surface area contributed by atoms with Gasteiger partial charge in [0.25, 0.3) is 15.9 Å². The minimum atomic E-state index is -3.85. The first-order valence-electron chi connectivity index (χ1n) is 10.3. The van der Waals surface area contributed by atoms with Crippen LogP contribution in [0.15, 0.2) is 83.8 Å². The first-order chi connectivity index (χ1) is 16.4. The van der Waals surface area contributed by atoms with Gasteiger partial charge in [0.1, 0.15) is 10.8 Å². The molecule has 3 aromatic carbocycles. The highest BCUT2D eigenvalue weighted by Crippen LogP contribution is 2.31. The highest BCUT2D eigenvalue weighted by Gasteiger charge is 2.24. The van der Waals surface area contributed by atoms with Gasteiger partial charge in [-0.05, 0) is 42.0 Å². The minimum absolute atomic E-state index is 0.0542. The average Bonchev–Trinajstić information content (AvgIpc) is 3.30. The number of hydrogen-bond acceptors (Lipinski definition) is 7. The van der Waals surface area contributed by atoms with E-state index in [1.54, 1.807) is 24.3 Å². The Morgan fingerprint density at radius 1 is 0.971 bits per heavy atom. The molecule has 10 heteroatoms. The highest BCUT2D eigenvalue weighted by molar-refractivity contribution is 7.92. The normalized spacial score (nSPS) is 11.1. The number of amides is 1. The molecular formula is C24H22N4O4S2. The van der Waals surface area contributed by atoms with Gasteiger partial charge in [-0.25, -0.2) is 8.42 Å². The number of carbonyl (C=O) groups is 1. The molecule has 0 aliphatic heterocycles. The summed E-state index contributed by atoms with van der Waals surface area (Å²) in [4.78, 5) is 12.7. The number of methoxy groups -OCH3 is 1. The second-order valence-corrected chi connectivity index (χ2v) is 10.3. The topological polar surface area (TPSA) is 101 Å². The summed E-state index contributed by atoms with van der Waals surface area (Å²) in [5, 5.41) is 12.0. The van der Waals surface area contributed by atoms with Gasteiger partial charge in [0.05, 0.1) is 17.7 Å². The second kappa shape index (κ2) is 10.0. The molecule has 34 heavy (non-hydrogen) atoms. The van der Waals surface area contributed by atoms with Crippen molar-refractivity contribution < 1.29 is 17.9 Å². The number of carbonyl (C=O) groups excluding carboxylic acids is 1. The molecule has 1 heterocycles. The zero-order valence-corrected chi connectivity index (χ0v) is 20.1. The highest BCUT2D eigenvalue weighted by atomic mass is 32.2. The van der Waals surface area contributed by atoms with Crippen LogP contribution in [-0.4, -0.2) is 38.7 Å². The molecule has 0 aliphatic carbocycles. The fraction of sp³-hybridized carbons (Fsp3) is 0.125. The quantitative estimate of drug-likeness (QED) is 0.394. The Balaban J connectivity index is 1.45. The van der Waals surface area contributed by atoms with Crippen molar-refractivity contribution in [3.05, 3.63) is 95.0 Å². The second-order valence-electron chi connectivity index (χ2n) is 7.29. The third-order valence-corrected chi connectivity index (χ3v) is 7.71. The van der Waals surface area contributed by atoms with E-state index in [0.29, 0.717) is 28.6 Å². The Morgan fingerprint density at radius 3 is 2.35 bits per heavy atom. The molecular weight excluding hydrogens is 472 g/mol. The zero-order chi connectivity index (χ0) is 24.1. The molecule has 0 bridgehead atoms. The van der Waals surface area contributed by atoms with Gasteiger partial charge in [-0.15, -0.1) is 10.2 Å². The maximum Gasteiger partial charge on any atom is 0.264 e. The lowest BCUT2D eigenvalue weighted by Crippen LogP contribution is -2.27. The molecule has 1 amide bonds. The summed E-state index contributed by atoms with van der Waals surface area (Å²) >= 11 is 1.29. The lowest BCUT2D eigenvalue weighted by Gasteiger charge is -2.21. The van der Waals surface area contributed by atoms with Gasteiger partial charge in [-0.1, -0.05) is 53.8 Å². The van der Waals surface area contributed by atoms with Crippen LogP contribution in [-0.2, 0) is 16.4 Å². The first kappa shape index (κ1) is 23.4. The SMILES string of the molecule is COc1ccccc1N(C)S(=O)(=O)c1ccc(C(=O)Nc2nnc(Cc3ccccc3)s2)cc1. The molecule has 174 valence electrons. The van der Waals surface area contributed by atoms with E-state index in [1.807, 2.05) is 30.3 Å². The molecule has 4 aromatic rings. The number of hydrogen-bond donors (Lipinski definition) is 1. The predicted octanol–water partition coefficient (Wildman–Crippen LogP) is 4.21. The van der Waals surface area contributed by atoms with Crippen molar-refractivity contribution in [3.8, 4) is 5.75 Å². The fourth-order valence-electron chi connectivity index (χ4n) is 3.27. The number of ether oxygens (including phenoxy) is 1. The Hall–Kier alpha value is -3.76. The number of benzene rings is 3. The van der Waals surface area contributed by atoms with Crippen LogP contribution in [0.4, 0.5) is 10.8 Å². The number of nitrogens with zero attached hydrogens (tertiary/aromatic N) is 3. The van der Waals surface area contributed by atoms with Crippen molar-refractivity contribution in [2.75, 3.05) is 23.8 Å². The molecule has 1 aromatic heterocycles. The molecule has 1 N–H and O–H groups in total. The predicted molar refractivity (Wildman–Crippen MR) is 132 cm³/mol. The molecule has 0 fully saturated rings. The van der Waals surface area contributed by atoms with Crippen LogP contribution in [0.1, 0.15) is 20.9 Å². The Bertz CT molecular complexity index is 1390. The first-order valence-corrected chi connectivity index (χ1v) is 12.5. The largest absolute Gasteiger partial charge is 0.495 e. The van der Waals surface area contributed by atoms with Crippen LogP contribution < -0.4 is 14.4 Å². The smallest absolute Gasteiger partial charge is 0.264 e. The van der Waals surface area contributed by atoms with Gasteiger partial charge >= 0.3 is 0 Å². The van der Waals surface area contributed by atoms with Crippen LogP contribution in [0.2, 0.25) is 0 Å². The summed E-state index contributed by atoms with van der Waals surface area (Å²) in [5.41, 5.74) is 1.82. The van der Waals surface area contributed by atoms with Gasteiger partial charge in [0, 0.05) is 19.0 Å². The van der Waals surface area contributed by atoms with Crippen LogP contribution in [0, 0.1) is 0 Å². The maximum atomic E-state index is 13.1. The summed E-state index contributed by atoms with van der Waals surface area (Å²) in [5.74, 6) is 0.0395. The summed E-state index contributed by atoms with van der Waals surface area (Å²) in [6.07, 6.45) is 0.626. The fourth-order valence-corrected chi connectivity index (χ4v) is 5.25. The van der Waals surface area contributed by atoms with E-state index in [0.717, 1.165) is 14.9 Å². The lowest BCUT2D eigenvalue weighted by molar-refractivity contribution is 0.102. The van der Waals surface area contributed by atoms with E-state index in [4.69, 9.17) is 4.74 Å².